The second kappa shape index (κ2) is 6.50. The number of hydrogen-bond donors (Lipinski definition) is 5. The lowest BCUT2D eigenvalue weighted by atomic mass is 9.76. The van der Waals surface area contributed by atoms with Crippen LogP contribution in [-0.2, 0) is 4.79 Å². The number of fused-ring (bicyclic) bond motifs is 1. The molecule has 2 aromatic heterocycles. The molecule has 0 aliphatic heterocycles. The van der Waals surface area contributed by atoms with Crippen molar-refractivity contribution < 1.29 is 19.8 Å². The monoisotopic (exact) mass is 375 g/mol. The Morgan fingerprint density at radius 2 is 2.11 bits per heavy atom. The van der Waals surface area contributed by atoms with E-state index < -0.39 is 29.4 Å². The summed E-state index contributed by atoms with van der Waals surface area (Å²) in [5, 5.41) is 29.7. The van der Waals surface area contributed by atoms with Crippen molar-refractivity contribution in [3.63, 3.8) is 0 Å². The minimum absolute atomic E-state index is 0.0952. The minimum atomic E-state index is -0.844. The van der Waals surface area contributed by atoms with E-state index in [4.69, 9.17) is 10.8 Å². The second-order valence-electron chi connectivity index (χ2n) is 7.79. The predicted octanol–water partition coefficient (Wildman–Crippen LogP) is 0.716. The van der Waals surface area contributed by atoms with Crippen molar-refractivity contribution in [1.82, 2.24) is 9.61 Å². The van der Waals surface area contributed by atoms with E-state index in [9.17, 15) is 14.7 Å². The van der Waals surface area contributed by atoms with Crippen molar-refractivity contribution in [2.75, 3.05) is 17.2 Å². The van der Waals surface area contributed by atoms with Crippen LogP contribution >= 0.6 is 0 Å². The van der Waals surface area contributed by atoms with E-state index in [1.807, 2.05) is 20.8 Å². The minimum Gasteiger partial charge on any atom is -0.390 e. The van der Waals surface area contributed by atoms with Gasteiger partial charge in [-0.05, 0) is 25.8 Å². The zero-order chi connectivity index (χ0) is 20.0. The number of hydrogen-bond acceptors (Lipinski definition) is 6. The Bertz CT molecular complexity index is 903. The van der Waals surface area contributed by atoms with Crippen molar-refractivity contribution in [2.24, 2.45) is 11.1 Å². The Hall–Kier alpha value is -2.65. The highest BCUT2D eigenvalue weighted by molar-refractivity contribution is 6.02. The molecule has 0 bridgehead atoms. The van der Waals surface area contributed by atoms with Crippen LogP contribution in [0.4, 0.5) is 11.4 Å². The molecule has 0 saturated heterocycles. The molecule has 146 valence electrons. The topological polar surface area (TPSA) is 142 Å². The molecule has 3 rings (SSSR count). The molecule has 9 heteroatoms. The Labute approximate surface area is 156 Å². The molecule has 2 atom stereocenters. The number of aromatic nitrogens is 2. The number of carbonyl (C=O) groups excluding carboxylic acids is 2. The molecule has 1 saturated carbocycles. The number of nitrogens with one attached hydrogen (secondary N) is 2. The summed E-state index contributed by atoms with van der Waals surface area (Å²) in [5.41, 5.74) is 5.96. The number of aliphatic hydroxyl groups excluding tert-OH is 1. The van der Waals surface area contributed by atoms with Gasteiger partial charge >= 0.3 is 0 Å². The van der Waals surface area contributed by atoms with Gasteiger partial charge < -0.3 is 26.6 Å². The van der Waals surface area contributed by atoms with Gasteiger partial charge in [-0.2, -0.15) is 5.10 Å². The molecule has 6 N–H and O–H groups in total. The zero-order valence-corrected chi connectivity index (χ0v) is 15.6. The number of amides is 2. The first-order valence-corrected chi connectivity index (χ1v) is 8.77. The highest BCUT2D eigenvalue weighted by atomic mass is 16.3. The lowest BCUT2D eigenvalue weighted by Gasteiger charge is -2.38. The molecule has 1 fully saturated rings. The molecule has 1 aliphatic carbocycles. The van der Waals surface area contributed by atoms with E-state index in [-0.39, 0.29) is 11.6 Å². The molecule has 0 aromatic carbocycles. The standard InChI is InChI=1S/C18H25N5O4/c1-17(2)13(4-5-18(17,3)27)22-15-11(16(19)26)7-20-23-8-10(6-12(15)23)21-14(25)9-24/h6-8,13,22,24,27H,4-5,9H2,1-3H3,(H2,19,26)(H,21,25)/t13-,18-/m1/s1. The van der Waals surface area contributed by atoms with Gasteiger partial charge in [-0.1, -0.05) is 13.8 Å². The molecule has 0 spiro atoms. The van der Waals surface area contributed by atoms with Gasteiger partial charge in [0.15, 0.2) is 0 Å². The van der Waals surface area contributed by atoms with E-state index in [1.54, 1.807) is 12.3 Å². The first-order valence-electron chi connectivity index (χ1n) is 8.77. The van der Waals surface area contributed by atoms with Crippen molar-refractivity contribution in [2.45, 2.75) is 45.3 Å². The van der Waals surface area contributed by atoms with Crippen LogP contribution < -0.4 is 16.4 Å². The highest BCUT2D eigenvalue weighted by Crippen LogP contribution is 2.47. The number of anilines is 2. The van der Waals surface area contributed by atoms with Crippen molar-refractivity contribution in [3.05, 3.63) is 24.0 Å². The quantitative estimate of drug-likeness (QED) is 0.521. The summed E-state index contributed by atoms with van der Waals surface area (Å²) >= 11 is 0. The van der Waals surface area contributed by atoms with Crippen LogP contribution in [0.25, 0.3) is 5.52 Å². The predicted molar refractivity (Wildman–Crippen MR) is 100 cm³/mol. The SMILES string of the molecule is CC1(C)[C@H](Nc2c(C(N)=O)cnn3cc(NC(=O)CO)cc23)CC[C@@]1(C)O. The first-order chi connectivity index (χ1) is 12.6. The van der Waals surface area contributed by atoms with Crippen LogP contribution in [0.1, 0.15) is 44.0 Å². The Morgan fingerprint density at radius 1 is 1.41 bits per heavy atom. The molecule has 2 aromatic rings. The molecule has 2 amide bonds. The summed E-state index contributed by atoms with van der Waals surface area (Å²) in [7, 11) is 0. The van der Waals surface area contributed by atoms with Gasteiger partial charge in [0.1, 0.15) is 6.61 Å². The Morgan fingerprint density at radius 3 is 2.67 bits per heavy atom. The maximum atomic E-state index is 11.9. The summed E-state index contributed by atoms with van der Waals surface area (Å²) in [6.07, 6.45) is 4.30. The van der Waals surface area contributed by atoms with Crippen molar-refractivity contribution in [3.8, 4) is 0 Å². The van der Waals surface area contributed by atoms with E-state index in [2.05, 4.69) is 15.7 Å². The fourth-order valence-electron chi connectivity index (χ4n) is 3.57. The fraction of sp³-hybridized carbons (Fsp3) is 0.500. The van der Waals surface area contributed by atoms with Crippen molar-refractivity contribution in [1.29, 1.82) is 0 Å². The number of rotatable bonds is 5. The summed E-state index contributed by atoms with van der Waals surface area (Å²) < 4.78 is 1.52. The van der Waals surface area contributed by atoms with Gasteiger partial charge in [-0.25, -0.2) is 4.52 Å². The fourth-order valence-corrected chi connectivity index (χ4v) is 3.57. The molecule has 9 nitrogen and oxygen atoms in total. The van der Waals surface area contributed by atoms with Gasteiger partial charge in [-0.3, -0.25) is 9.59 Å². The number of nitrogens with two attached hydrogens (primary N) is 1. The summed E-state index contributed by atoms with van der Waals surface area (Å²) in [5.74, 6) is -1.18. The van der Waals surface area contributed by atoms with Crippen LogP contribution in [0.2, 0.25) is 0 Å². The summed E-state index contributed by atoms with van der Waals surface area (Å²) in [6.45, 7) is 5.13. The maximum Gasteiger partial charge on any atom is 0.252 e. The Kier molecular flexibility index (Phi) is 4.61. The van der Waals surface area contributed by atoms with Gasteiger partial charge in [0.2, 0.25) is 5.91 Å². The van der Waals surface area contributed by atoms with E-state index in [1.165, 1.54) is 10.7 Å². The van der Waals surface area contributed by atoms with Gasteiger partial charge in [0.05, 0.1) is 40.4 Å². The third-order valence-electron chi connectivity index (χ3n) is 5.83. The average molecular weight is 375 g/mol. The lowest BCUT2D eigenvalue weighted by Crippen LogP contribution is -2.45. The number of aliphatic hydroxyl groups is 2. The first kappa shape index (κ1) is 19.1. The van der Waals surface area contributed by atoms with E-state index in [0.717, 1.165) is 6.42 Å². The maximum absolute atomic E-state index is 11.9. The number of primary amides is 1. The molecule has 27 heavy (non-hydrogen) atoms. The van der Waals surface area contributed by atoms with E-state index in [0.29, 0.717) is 23.3 Å². The van der Waals surface area contributed by atoms with Gasteiger partial charge in [0, 0.05) is 11.5 Å². The van der Waals surface area contributed by atoms with Crippen LogP contribution in [0, 0.1) is 5.41 Å². The van der Waals surface area contributed by atoms with Gasteiger partial charge in [0.25, 0.3) is 5.91 Å². The third-order valence-corrected chi connectivity index (χ3v) is 5.83. The second-order valence-corrected chi connectivity index (χ2v) is 7.79. The summed E-state index contributed by atoms with van der Waals surface area (Å²) in [6, 6.07) is 1.55. The molecule has 0 radical (unpaired) electrons. The van der Waals surface area contributed by atoms with E-state index >= 15 is 0 Å². The molecule has 2 heterocycles. The number of nitrogens with zero attached hydrogens (tertiary/aromatic N) is 2. The van der Waals surface area contributed by atoms with Crippen LogP contribution in [-0.4, -0.2) is 49.9 Å². The number of carbonyl (C=O) groups is 2. The van der Waals surface area contributed by atoms with Crippen LogP contribution in [0.15, 0.2) is 18.5 Å². The molecular formula is C18H25N5O4. The highest BCUT2D eigenvalue weighted by Gasteiger charge is 2.50. The average Bonchev–Trinajstić information content (AvgIpc) is 3.07. The summed E-state index contributed by atoms with van der Waals surface area (Å²) in [4.78, 5) is 23.4. The molecule has 1 aliphatic rings. The van der Waals surface area contributed by atoms with Crippen LogP contribution in [0.5, 0.6) is 0 Å². The zero-order valence-electron chi connectivity index (χ0n) is 15.6. The molecule has 0 unspecified atom stereocenters. The van der Waals surface area contributed by atoms with Crippen LogP contribution in [0.3, 0.4) is 0 Å². The van der Waals surface area contributed by atoms with Gasteiger partial charge in [-0.15, -0.1) is 0 Å². The largest absolute Gasteiger partial charge is 0.390 e. The smallest absolute Gasteiger partial charge is 0.252 e. The van der Waals surface area contributed by atoms with Crippen molar-refractivity contribution >= 4 is 28.7 Å². The lowest BCUT2D eigenvalue weighted by molar-refractivity contribution is -0.118. The molecular weight excluding hydrogens is 350 g/mol. The normalized spacial score (nSPS) is 24.1. The third kappa shape index (κ3) is 3.24. The Balaban J connectivity index is 2.05.